The summed E-state index contributed by atoms with van der Waals surface area (Å²) in [5.74, 6) is 0. The molecular formula is C23H23NO2. The van der Waals surface area contributed by atoms with Gasteiger partial charge in [-0.2, -0.15) is 5.06 Å². The van der Waals surface area contributed by atoms with E-state index in [2.05, 4.69) is 48.5 Å². The number of benzene rings is 3. The van der Waals surface area contributed by atoms with E-state index < -0.39 is 0 Å². The van der Waals surface area contributed by atoms with E-state index in [-0.39, 0.29) is 6.23 Å². The molecule has 3 nitrogen and oxygen atoms in total. The summed E-state index contributed by atoms with van der Waals surface area (Å²) in [6.45, 7) is 1.93. The van der Waals surface area contributed by atoms with Crippen molar-refractivity contribution in [2.75, 3.05) is 6.54 Å². The van der Waals surface area contributed by atoms with E-state index in [1.165, 1.54) is 16.7 Å². The zero-order valence-electron chi connectivity index (χ0n) is 14.8. The van der Waals surface area contributed by atoms with Crippen molar-refractivity contribution < 1.29 is 9.57 Å². The number of hydrogen-bond acceptors (Lipinski definition) is 3. The van der Waals surface area contributed by atoms with Crippen molar-refractivity contribution in [1.82, 2.24) is 5.06 Å². The summed E-state index contributed by atoms with van der Waals surface area (Å²) in [4.78, 5) is 6.14. The molecule has 0 aliphatic carbocycles. The monoisotopic (exact) mass is 345 g/mol. The minimum Gasteiger partial charge on any atom is -0.352 e. The molecule has 3 aromatic rings. The van der Waals surface area contributed by atoms with Crippen LogP contribution in [0.2, 0.25) is 0 Å². The molecule has 0 bridgehead atoms. The maximum atomic E-state index is 6.30. The molecule has 0 amide bonds. The number of hydrogen-bond donors (Lipinski definition) is 0. The van der Waals surface area contributed by atoms with Crippen molar-refractivity contribution in [3.05, 3.63) is 107 Å². The number of ether oxygens (including phenoxy) is 1. The van der Waals surface area contributed by atoms with Crippen molar-refractivity contribution in [2.45, 2.75) is 25.9 Å². The van der Waals surface area contributed by atoms with Gasteiger partial charge in [0.1, 0.15) is 0 Å². The lowest BCUT2D eigenvalue weighted by Crippen LogP contribution is -2.36. The molecule has 0 N–H and O–H groups in total. The first-order valence-corrected chi connectivity index (χ1v) is 9.07. The van der Waals surface area contributed by atoms with Gasteiger partial charge in [0, 0.05) is 12.1 Å². The zero-order valence-corrected chi connectivity index (χ0v) is 14.8. The molecule has 3 aromatic carbocycles. The summed E-state index contributed by atoms with van der Waals surface area (Å²) in [5, 5.41) is 1.98. The molecule has 1 aliphatic rings. The van der Waals surface area contributed by atoms with Crippen molar-refractivity contribution in [3.63, 3.8) is 0 Å². The van der Waals surface area contributed by atoms with E-state index in [4.69, 9.17) is 9.57 Å². The van der Waals surface area contributed by atoms with Gasteiger partial charge < -0.3 is 4.74 Å². The molecule has 0 spiro atoms. The van der Waals surface area contributed by atoms with E-state index in [0.717, 1.165) is 18.5 Å². The number of fused-ring (bicyclic) bond motifs is 1. The third-order valence-electron chi connectivity index (χ3n) is 4.67. The van der Waals surface area contributed by atoms with Gasteiger partial charge in [-0.3, -0.25) is 4.84 Å². The van der Waals surface area contributed by atoms with Crippen LogP contribution in [0, 0.1) is 0 Å². The zero-order chi connectivity index (χ0) is 17.6. The second-order valence-electron chi connectivity index (χ2n) is 6.50. The van der Waals surface area contributed by atoms with E-state index in [0.29, 0.717) is 13.2 Å². The van der Waals surface area contributed by atoms with Crippen molar-refractivity contribution in [2.24, 2.45) is 0 Å². The summed E-state index contributed by atoms with van der Waals surface area (Å²) in [7, 11) is 0. The lowest BCUT2D eigenvalue weighted by atomic mass is 9.99. The molecule has 0 radical (unpaired) electrons. The smallest absolute Gasteiger partial charge is 0.159 e. The van der Waals surface area contributed by atoms with E-state index >= 15 is 0 Å². The maximum absolute atomic E-state index is 6.30. The predicted molar refractivity (Wildman–Crippen MR) is 102 cm³/mol. The Balaban J connectivity index is 1.50. The highest BCUT2D eigenvalue weighted by molar-refractivity contribution is 5.31. The Bertz CT molecular complexity index is 820. The molecule has 1 aliphatic heterocycles. The molecule has 1 unspecified atom stereocenters. The average molecular weight is 345 g/mol. The Labute approximate surface area is 154 Å². The van der Waals surface area contributed by atoms with Crippen molar-refractivity contribution >= 4 is 0 Å². The van der Waals surface area contributed by atoms with E-state index in [1.54, 1.807) is 0 Å². The normalized spacial score (nSPS) is 17.0. The van der Waals surface area contributed by atoms with Gasteiger partial charge in [0.25, 0.3) is 0 Å². The van der Waals surface area contributed by atoms with E-state index in [9.17, 15) is 0 Å². The van der Waals surface area contributed by atoms with Crippen LogP contribution in [0.4, 0.5) is 0 Å². The lowest BCUT2D eigenvalue weighted by molar-refractivity contribution is -0.271. The van der Waals surface area contributed by atoms with Crippen LogP contribution in [0.25, 0.3) is 0 Å². The molecule has 4 rings (SSSR count). The van der Waals surface area contributed by atoms with Crippen LogP contribution < -0.4 is 0 Å². The van der Waals surface area contributed by atoms with E-state index in [1.807, 2.05) is 41.5 Å². The molecule has 0 aromatic heterocycles. The van der Waals surface area contributed by atoms with Gasteiger partial charge in [0.05, 0.1) is 13.2 Å². The van der Waals surface area contributed by atoms with Crippen LogP contribution in [0.1, 0.15) is 28.5 Å². The van der Waals surface area contributed by atoms with Gasteiger partial charge in [0.15, 0.2) is 6.23 Å². The molecule has 26 heavy (non-hydrogen) atoms. The van der Waals surface area contributed by atoms with Gasteiger partial charge >= 0.3 is 0 Å². The molecular weight excluding hydrogens is 322 g/mol. The summed E-state index contributed by atoms with van der Waals surface area (Å²) < 4.78 is 6.30. The molecule has 1 heterocycles. The van der Waals surface area contributed by atoms with Gasteiger partial charge in [0.2, 0.25) is 0 Å². The summed E-state index contributed by atoms with van der Waals surface area (Å²) >= 11 is 0. The third-order valence-corrected chi connectivity index (χ3v) is 4.67. The van der Waals surface area contributed by atoms with Gasteiger partial charge in [-0.25, -0.2) is 0 Å². The van der Waals surface area contributed by atoms with Crippen LogP contribution in [0.3, 0.4) is 0 Å². The quantitative estimate of drug-likeness (QED) is 0.635. The summed E-state index contributed by atoms with van der Waals surface area (Å²) in [5.41, 5.74) is 4.86. The fraction of sp³-hybridized carbons (Fsp3) is 0.217. The fourth-order valence-electron chi connectivity index (χ4n) is 3.29. The van der Waals surface area contributed by atoms with Crippen LogP contribution in [-0.2, 0) is 29.2 Å². The Kier molecular flexibility index (Phi) is 5.41. The summed E-state index contributed by atoms with van der Waals surface area (Å²) in [6.07, 6.45) is 0.778. The van der Waals surface area contributed by atoms with Crippen LogP contribution in [0.15, 0.2) is 84.9 Å². The first-order chi connectivity index (χ1) is 12.9. The highest BCUT2D eigenvalue weighted by atomic mass is 16.7. The van der Waals surface area contributed by atoms with Gasteiger partial charge in [-0.05, 0) is 23.1 Å². The highest BCUT2D eigenvalue weighted by Crippen LogP contribution is 2.32. The lowest BCUT2D eigenvalue weighted by Gasteiger charge is -2.36. The highest BCUT2D eigenvalue weighted by Gasteiger charge is 2.28. The Hall–Kier alpha value is -2.46. The topological polar surface area (TPSA) is 21.7 Å². The first kappa shape index (κ1) is 17.0. The number of hydroxylamine groups is 2. The van der Waals surface area contributed by atoms with Crippen molar-refractivity contribution in [3.8, 4) is 0 Å². The van der Waals surface area contributed by atoms with Crippen LogP contribution in [-0.4, -0.2) is 11.6 Å². The van der Waals surface area contributed by atoms with Gasteiger partial charge in [-0.15, -0.1) is 0 Å². The second-order valence-corrected chi connectivity index (χ2v) is 6.50. The molecule has 132 valence electrons. The van der Waals surface area contributed by atoms with Crippen molar-refractivity contribution in [1.29, 1.82) is 0 Å². The first-order valence-electron chi connectivity index (χ1n) is 9.07. The molecule has 1 atom stereocenters. The average Bonchev–Trinajstić information content (AvgIpc) is 2.72. The Morgan fingerprint density at radius 1 is 0.731 bits per heavy atom. The standard InChI is InChI=1S/C23H23NO2/c1-3-9-19(10-4-1)17-25-23-22-14-8-7-13-21(22)15-16-24(23)26-18-20-11-5-2-6-12-20/h1-14,23H,15-18H2. The SMILES string of the molecule is c1ccc(COC2c3ccccc3CCN2OCc2ccccc2)cc1. The van der Waals surface area contributed by atoms with Crippen LogP contribution in [0.5, 0.6) is 0 Å². The molecule has 0 saturated carbocycles. The number of rotatable bonds is 6. The fourth-order valence-corrected chi connectivity index (χ4v) is 3.29. The largest absolute Gasteiger partial charge is 0.352 e. The maximum Gasteiger partial charge on any atom is 0.159 e. The molecule has 3 heteroatoms. The summed E-state index contributed by atoms with van der Waals surface area (Å²) in [6, 6.07) is 29.0. The number of nitrogens with zero attached hydrogens (tertiary/aromatic N) is 1. The predicted octanol–water partition coefficient (Wildman–Crippen LogP) is 4.89. The molecule has 0 saturated heterocycles. The Morgan fingerprint density at radius 3 is 2.08 bits per heavy atom. The molecule has 0 fully saturated rings. The van der Waals surface area contributed by atoms with Crippen LogP contribution >= 0.6 is 0 Å². The second kappa shape index (κ2) is 8.28. The third kappa shape index (κ3) is 4.02. The minimum absolute atomic E-state index is 0.191. The minimum atomic E-state index is -0.191. The Morgan fingerprint density at radius 2 is 1.35 bits per heavy atom. The van der Waals surface area contributed by atoms with Gasteiger partial charge in [-0.1, -0.05) is 84.9 Å².